The average molecular weight is 381 g/mol. The number of hydrogen-bond donors (Lipinski definition) is 1. The average Bonchev–Trinajstić information content (AvgIpc) is 3.36. The van der Waals surface area contributed by atoms with E-state index in [0.717, 1.165) is 24.9 Å². The van der Waals surface area contributed by atoms with Gasteiger partial charge in [0.25, 0.3) is 5.56 Å². The Hall–Kier alpha value is -2.96. The van der Waals surface area contributed by atoms with Gasteiger partial charge in [-0.1, -0.05) is 19.8 Å². The minimum atomic E-state index is -0.328. The van der Waals surface area contributed by atoms with E-state index < -0.39 is 0 Å². The maximum absolute atomic E-state index is 14.7. The molecule has 1 aliphatic carbocycles. The summed E-state index contributed by atoms with van der Waals surface area (Å²) in [5, 5.41) is 7.64. The van der Waals surface area contributed by atoms with Crippen molar-refractivity contribution in [1.82, 2.24) is 19.3 Å². The van der Waals surface area contributed by atoms with Gasteiger partial charge in [-0.15, -0.1) is 0 Å². The molecule has 3 heterocycles. The van der Waals surface area contributed by atoms with Crippen molar-refractivity contribution in [3.8, 4) is 16.8 Å². The summed E-state index contributed by atoms with van der Waals surface area (Å²) >= 11 is 0. The fourth-order valence-electron chi connectivity index (χ4n) is 3.67. The molecule has 0 aliphatic heterocycles. The lowest BCUT2D eigenvalue weighted by molar-refractivity contribution is 0.628. The zero-order valence-corrected chi connectivity index (χ0v) is 15.9. The first-order chi connectivity index (χ1) is 13.6. The van der Waals surface area contributed by atoms with Gasteiger partial charge in [-0.25, -0.2) is 14.1 Å². The van der Waals surface area contributed by atoms with Gasteiger partial charge in [-0.2, -0.15) is 5.10 Å². The van der Waals surface area contributed by atoms with Crippen molar-refractivity contribution in [2.45, 2.75) is 51.6 Å². The minimum Gasteiger partial charge on any atom is -0.367 e. The quantitative estimate of drug-likeness (QED) is 0.701. The smallest absolute Gasteiger partial charge is 0.250 e. The van der Waals surface area contributed by atoms with Crippen LogP contribution in [0.2, 0.25) is 0 Å². The largest absolute Gasteiger partial charge is 0.367 e. The predicted molar refractivity (Wildman–Crippen MR) is 107 cm³/mol. The molecule has 1 saturated carbocycles. The number of hydrogen-bond acceptors (Lipinski definition) is 4. The minimum absolute atomic E-state index is 0.0430. The molecule has 3 aromatic heterocycles. The number of aromatic nitrogens is 4. The molecule has 3 aromatic rings. The normalized spacial score (nSPS) is 14.5. The van der Waals surface area contributed by atoms with Crippen LogP contribution in [0.4, 0.5) is 10.2 Å². The van der Waals surface area contributed by atoms with Crippen LogP contribution in [-0.4, -0.2) is 25.4 Å². The maximum atomic E-state index is 14.7. The second kappa shape index (κ2) is 7.96. The molecule has 0 amide bonds. The predicted octanol–water partition coefficient (Wildman–Crippen LogP) is 4.00. The third-order valence-corrected chi connectivity index (χ3v) is 5.15. The molecule has 0 spiro atoms. The molecule has 0 bridgehead atoms. The van der Waals surface area contributed by atoms with Gasteiger partial charge in [0.1, 0.15) is 11.6 Å². The molecule has 0 atom stereocenters. The van der Waals surface area contributed by atoms with E-state index in [1.807, 2.05) is 6.92 Å². The SMILES string of the molecule is CCCn1cc(-n2cc(-c3cnc(NC4CCCC4)cc3F)cn2)ccc1=O. The number of nitrogens with zero attached hydrogens (tertiary/aromatic N) is 4. The first kappa shape index (κ1) is 18.4. The highest BCUT2D eigenvalue weighted by atomic mass is 19.1. The van der Waals surface area contributed by atoms with Crippen LogP contribution in [0.15, 0.2) is 47.8 Å². The lowest BCUT2D eigenvalue weighted by atomic mass is 10.1. The molecule has 0 aromatic carbocycles. The van der Waals surface area contributed by atoms with Crippen LogP contribution in [-0.2, 0) is 6.54 Å². The molecule has 4 rings (SSSR count). The standard InChI is InChI=1S/C21H24FN5O/c1-2-9-26-14-17(7-8-21(26)28)27-13-15(11-24-27)18-12-23-20(10-19(18)22)25-16-5-3-4-6-16/h7-8,10-14,16H,2-6,9H2,1H3,(H,23,25). The molecule has 28 heavy (non-hydrogen) atoms. The summed E-state index contributed by atoms with van der Waals surface area (Å²) in [6.45, 7) is 2.67. The highest BCUT2D eigenvalue weighted by molar-refractivity contribution is 5.63. The van der Waals surface area contributed by atoms with Crippen molar-refractivity contribution < 1.29 is 4.39 Å². The first-order valence-electron chi connectivity index (χ1n) is 9.82. The second-order valence-electron chi connectivity index (χ2n) is 7.27. The van der Waals surface area contributed by atoms with Crippen molar-refractivity contribution in [3.05, 3.63) is 59.2 Å². The van der Waals surface area contributed by atoms with Crippen LogP contribution < -0.4 is 10.9 Å². The monoisotopic (exact) mass is 381 g/mol. The molecular formula is C21H24FN5O. The summed E-state index contributed by atoms with van der Waals surface area (Å²) in [4.78, 5) is 16.3. The van der Waals surface area contributed by atoms with Crippen LogP contribution in [0.3, 0.4) is 0 Å². The van der Waals surface area contributed by atoms with Gasteiger partial charge in [0.2, 0.25) is 0 Å². The molecule has 0 unspecified atom stereocenters. The Morgan fingerprint density at radius 2 is 2.04 bits per heavy atom. The van der Waals surface area contributed by atoms with Crippen LogP contribution >= 0.6 is 0 Å². The van der Waals surface area contributed by atoms with Crippen molar-refractivity contribution in [1.29, 1.82) is 0 Å². The van der Waals surface area contributed by atoms with Crippen molar-refractivity contribution >= 4 is 5.82 Å². The summed E-state index contributed by atoms with van der Waals surface area (Å²) < 4.78 is 18.0. The first-order valence-corrected chi connectivity index (χ1v) is 9.82. The third-order valence-electron chi connectivity index (χ3n) is 5.15. The van der Waals surface area contributed by atoms with E-state index in [9.17, 15) is 9.18 Å². The van der Waals surface area contributed by atoms with Crippen molar-refractivity contribution in [2.75, 3.05) is 5.32 Å². The van der Waals surface area contributed by atoms with Crippen LogP contribution in [0.25, 0.3) is 16.8 Å². The molecule has 0 radical (unpaired) electrons. The van der Waals surface area contributed by atoms with Gasteiger partial charge in [-0.05, 0) is 25.3 Å². The molecule has 0 saturated heterocycles. The van der Waals surface area contributed by atoms with E-state index >= 15 is 0 Å². The number of aryl methyl sites for hydroxylation is 1. The van der Waals surface area contributed by atoms with Gasteiger partial charge in [0.05, 0.1) is 11.9 Å². The molecular weight excluding hydrogens is 357 g/mol. The summed E-state index contributed by atoms with van der Waals surface area (Å²) in [6.07, 6.45) is 12.2. The lowest BCUT2D eigenvalue weighted by Crippen LogP contribution is -2.19. The van der Waals surface area contributed by atoms with E-state index in [0.29, 0.717) is 29.5 Å². The Labute approximate surface area is 163 Å². The van der Waals surface area contributed by atoms with Crippen molar-refractivity contribution in [2.24, 2.45) is 0 Å². The lowest BCUT2D eigenvalue weighted by Gasteiger charge is -2.13. The highest BCUT2D eigenvalue weighted by Gasteiger charge is 2.16. The Bertz CT molecular complexity index is 1020. The summed E-state index contributed by atoms with van der Waals surface area (Å²) in [7, 11) is 0. The van der Waals surface area contributed by atoms with Gasteiger partial charge >= 0.3 is 0 Å². The molecule has 146 valence electrons. The summed E-state index contributed by atoms with van der Waals surface area (Å²) in [5.74, 6) is 0.248. The molecule has 1 N–H and O–H groups in total. The zero-order valence-electron chi connectivity index (χ0n) is 15.9. The number of rotatable bonds is 6. The topological polar surface area (TPSA) is 64.7 Å². The molecule has 1 fully saturated rings. The molecule has 6 nitrogen and oxygen atoms in total. The zero-order chi connectivity index (χ0) is 19.5. The molecule has 7 heteroatoms. The highest BCUT2D eigenvalue weighted by Crippen LogP contribution is 2.26. The summed E-state index contributed by atoms with van der Waals surface area (Å²) in [6, 6.07) is 5.08. The van der Waals surface area contributed by atoms with Crippen LogP contribution in [0.1, 0.15) is 39.0 Å². The number of pyridine rings is 2. The Kier molecular flexibility index (Phi) is 5.23. The number of nitrogens with one attached hydrogen (secondary N) is 1. The Morgan fingerprint density at radius 3 is 2.79 bits per heavy atom. The fourth-order valence-corrected chi connectivity index (χ4v) is 3.67. The fraction of sp³-hybridized carbons (Fsp3) is 0.381. The van der Waals surface area contributed by atoms with Crippen LogP contribution in [0, 0.1) is 5.82 Å². The van der Waals surface area contributed by atoms with E-state index in [1.165, 1.54) is 25.0 Å². The van der Waals surface area contributed by atoms with Gasteiger partial charge in [0, 0.05) is 54.4 Å². The van der Waals surface area contributed by atoms with E-state index in [1.54, 1.807) is 40.1 Å². The number of halogens is 1. The number of anilines is 1. The van der Waals surface area contributed by atoms with Crippen LogP contribution in [0.5, 0.6) is 0 Å². The second-order valence-corrected chi connectivity index (χ2v) is 7.27. The molecule has 1 aliphatic rings. The van der Waals surface area contributed by atoms with Crippen molar-refractivity contribution in [3.63, 3.8) is 0 Å². The van der Waals surface area contributed by atoms with E-state index in [4.69, 9.17) is 0 Å². The Morgan fingerprint density at radius 1 is 1.21 bits per heavy atom. The van der Waals surface area contributed by atoms with Gasteiger partial charge < -0.3 is 9.88 Å². The van der Waals surface area contributed by atoms with E-state index in [2.05, 4.69) is 15.4 Å². The van der Waals surface area contributed by atoms with Gasteiger partial charge in [-0.3, -0.25) is 4.79 Å². The maximum Gasteiger partial charge on any atom is 0.250 e. The third kappa shape index (κ3) is 3.83. The van der Waals surface area contributed by atoms with Gasteiger partial charge in [0.15, 0.2) is 0 Å². The summed E-state index contributed by atoms with van der Waals surface area (Å²) in [5.41, 5.74) is 1.77. The van der Waals surface area contributed by atoms with E-state index in [-0.39, 0.29) is 11.4 Å². The Balaban J connectivity index is 1.57.